The number of rotatable bonds is 9. The Morgan fingerprint density at radius 1 is 1.32 bits per heavy atom. The average molecular weight is 460 g/mol. The van der Waals surface area contributed by atoms with Crippen LogP contribution in [0.2, 0.25) is 0 Å². The topological polar surface area (TPSA) is 58.5 Å². The number of nitrogens with one attached hydrogen (secondary N) is 2. The van der Waals surface area contributed by atoms with Gasteiger partial charge in [0.05, 0.1) is 0 Å². The zero-order valence-corrected chi connectivity index (χ0v) is 17.9. The molecular weight excluding hydrogens is 427 g/mol. The third-order valence-corrected chi connectivity index (χ3v) is 4.93. The molecule has 5 nitrogen and oxygen atoms in total. The van der Waals surface area contributed by atoms with Crippen molar-refractivity contribution in [3.63, 3.8) is 0 Å². The lowest BCUT2D eigenvalue weighted by molar-refractivity contribution is 0.105. The predicted octanol–water partition coefficient (Wildman–Crippen LogP) is 3.39. The van der Waals surface area contributed by atoms with Gasteiger partial charge in [-0.3, -0.25) is 9.98 Å². The summed E-state index contributed by atoms with van der Waals surface area (Å²) in [7, 11) is 1.83. The zero-order valence-electron chi connectivity index (χ0n) is 15.6. The molecule has 2 N–H and O–H groups in total. The molecule has 0 bridgehead atoms. The monoisotopic (exact) mass is 460 g/mol. The second-order valence-electron chi connectivity index (χ2n) is 6.62. The minimum Gasteiger partial charge on any atom is -0.382 e. The maximum absolute atomic E-state index is 5.59. The molecule has 0 saturated heterocycles. The standard InChI is InChI=1S/C19H32N4O.HI/c1-3-24-14-11-19(9-4-5-10-19)16-23-18(20-2)22-13-8-17-7-6-12-21-15-17;/h6-7,12,15H,3-5,8-11,13-14,16H2,1-2H3,(H2,20,22,23);1H. The third kappa shape index (κ3) is 7.90. The largest absolute Gasteiger partial charge is 0.382 e. The number of pyridine rings is 1. The van der Waals surface area contributed by atoms with Crippen LogP contribution in [0.15, 0.2) is 29.5 Å². The normalized spacial score (nSPS) is 16.3. The van der Waals surface area contributed by atoms with Crippen molar-refractivity contribution in [1.29, 1.82) is 0 Å². The first-order chi connectivity index (χ1) is 11.8. The molecule has 1 aromatic heterocycles. The number of hydrogen-bond acceptors (Lipinski definition) is 3. The van der Waals surface area contributed by atoms with Gasteiger partial charge in [0, 0.05) is 45.7 Å². The molecule has 25 heavy (non-hydrogen) atoms. The fourth-order valence-corrected chi connectivity index (χ4v) is 3.44. The van der Waals surface area contributed by atoms with E-state index >= 15 is 0 Å². The van der Waals surface area contributed by atoms with Crippen molar-refractivity contribution in [2.24, 2.45) is 10.4 Å². The van der Waals surface area contributed by atoms with E-state index in [4.69, 9.17) is 4.74 Å². The number of halogens is 1. The summed E-state index contributed by atoms with van der Waals surface area (Å²) >= 11 is 0. The smallest absolute Gasteiger partial charge is 0.191 e. The zero-order chi connectivity index (χ0) is 17.1. The second kappa shape index (κ2) is 12.5. The molecule has 0 aliphatic heterocycles. The lowest BCUT2D eigenvalue weighted by Crippen LogP contribution is -2.44. The van der Waals surface area contributed by atoms with Gasteiger partial charge in [-0.1, -0.05) is 18.9 Å². The fraction of sp³-hybridized carbons (Fsp3) is 0.684. The van der Waals surface area contributed by atoms with Crippen LogP contribution >= 0.6 is 24.0 Å². The van der Waals surface area contributed by atoms with Crippen LogP contribution < -0.4 is 10.6 Å². The predicted molar refractivity (Wildman–Crippen MR) is 115 cm³/mol. The highest BCUT2D eigenvalue weighted by Gasteiger charge is 2.33. The van der Waals surface area contributed by atoms with Crippen LogP contribution in [-0.4, -0.2) is 44.3 Å². The van der Waals surface area contributed by atoms with Crippen LogP contribution in [0.5, 0.6) is 0 Å². The first-order valence-electron chi connectivity index (χ1n) is 9.19. The van der Waals surface area contributed by atoms with Crippen LogP contribution in [0.25, 0.3) is 0 Å². The number of ether oxygens (including phenoxy) is 1. The summed E-state index contributed by atoms with van der Waals surface area (Å²) in [6, 6.07) is 4.08. The highest BCUT2D eigenvalue weighted by atomic mass is 127. The molecule has 0 atom stereocenters. The maximum Gasteiger partial charge on any atom is 0.191 e. The van der Waals surface area contributed by atoms with Gasteiger partial charge in [0.15, 0.2) is 5.96 Å². The van der Waals surface area contributed by atoms with Gasteiger partial charge in [-0.25, -0.2) is 0 Å². The van der Waals surface area contributed by atoms with Gasteiger partial charge in [0.2, 0.25) is 0 Å². The van der Waals surface area contributed by atoms with Gasteiger partial charge < -0.3 is 15.4 Å². The van der Waals surface area contributed by atoms with E-state index in [1.807, 2.05) is 19.3 Å². The summed E-state index contributed by atoms with van der Waals surface area (Å²) in [5.74, 6) is 0.890. The highest BCUT2D eigenvalue weighted by Crippen LogP contribution is 2.40. The van der Waals surface area contributed by atoms with Crippen LogP contribution in [0.4, 0.5) is 0 Å². The van der Waals surface area contributed by atoms with E-state index < -0.39 is 0 Å². The molecular formula is C19H33IN4O. The molecule has 1 aliphatic rings. The van der Waals surface area contributed by atoms with Crippen LogP contribution in [0, 0.1) is 5.41 Å². The quantitative estimate of drug-likeness (QED) is 0.257. The van der Waals surface area contributed by atoms with Crippen molar-refractivity contribution in [3.8, 4) is 0 Å². The Balaban J connectivity index is 0.00000312. The molecule has 1 aliphatic carbocycles. The number of aromatic nitrogens is 1. The third-order valence-electron chi connectivity index (χ3n) is 4.93. The average Bonchev–Trinajstić information content (AvgIpc) is 3.08. The molecule has 1 heterocycles. The summed E-state index contributed by atoms with van der Waals surface area (Å²) in [6.07, 6.45) is 11.1. The van der Waals surface area contributed by atoms with Gasteiger partial charge >= 0.3 is 0 Å². The van der Waals surface area contributed by atoms with Gasteiger partial charge in [-0.05, 0) is 49.7 Å². The Labute approximate surface area is 169 Å². The van der Waals surface area contributed by atoms with Gasteiger partial charge in [-0.2, -0.15) is 0 Å². The molecule has 1 fully saturated rings. The number of hydrogen-bond donors (Lipinski definition) is 2. The number of aliphatic imine (C=N–C) groups is 1. The van der Waals surface area contributed by atoms with E-state index in [0.717, 1.165) is 45.1 Å². The molecule has 1 aromatic rings. The van der Waals surface area contributed by atoms with Crippen LogP contribution in [0.1, 0.15) is 44.6 Å². The Morgan fingerprint density at radius 3 is 2.76 bits per heavy atom. The summed E-state index contributed by atoms with van der Waals surface area (Å²) in [5.41, 5.74) is 1.61. The van der Waals surface area contributed by atoms with Gasteiger partial charge in [0.1, 0.15) is 0 Å². The van der Waals surface area contributed by atoms with Gasteiger partial charge in [-0.15, -0.1) is 24.0 Å². The van der Waals surface area contributed by atoms with Crippen molar-refractivity contribution >= 4 is 29.9 Å². The molecule has 142 valence electrons. The molecule has 2 rings (SSSR count). The molecule has 0 amide bonds. The van der Waals surface area contributed by atoms with Crippen molar-refractivity contribution in [2.75, 3.05) is 33.4 Å². The SMILES string of the molecule is CCOCCC1(CNC(=NC)NCCc2cccnc2)CCCC1.I. The van der Waals surface area contributed by atoms with Crippen molar-refractivity contribution in [2.45, 2.75) is 45.4 Å². The van der Waals surface area contributed by atoms with E-state index in [1.54, 1.807) is 6.20 Å². The molecule has 0 aromatic carbocycles. The van der Waals surface area contributed by atoms with E-state index in [-0.39, 0.29) is 24.0 Å². The molecule has 0 radical (unpaired) electrons. The van der Waals surface area contributed by atoms with Crippen molar-refractivity contribution in [1.82, 2.24) is 15.6 Å². The first kappa shape index (κ1) is 22.2. The van der Waals surface area contributed by atoms with Gasteiger partial charge in [0.25, 0.3) is 0 Å². The molecule has 0 unspecified atom stereocenters. The van der Waals surface area contributed by atoms with E-state index in [1.165, 1.54) is 31.2 Å². The fourth-order valence-electron chi connectivity index (χ4n) is 3.44. The minimum absolute atomic E-state index is 0. The Hall–Kier alpha value is -0.890. The Morgan fingerprint density at radius 2 is 2.12 bits per heavy atom. The minimum atomic E-state index is 0. The van der Waals surface area contributed by atoms with Crippen molar-refractivity contribution < 1.29 is 4.74 Å². The summed E-state index contributed by atoms with van der Waals surface area (Å²) in [4.78, 5) is 8.51. The van der Waals surface area contributed by atoms with Crippen LogP contribution in [-0.2, 0) is 11.2 Å². The Bertz CT molecular complexity index is 489. The first-order valence-corrected chi connectivity index (χ1v) is 9.19. The lowest BCUT2D eigenvalue weighted by atomic mass is 9.83. The second-order valence-corrected chi connectivity index (χ2v) is 6.62. The van der Waals surface area contributed by atoms with Crippen LogP contribution in [0.3, 0.4) is 0 Å². The number of guanidine groups is 1. The maximum atomic E-state index is 5.59. The van der Waals surface area contributed by atoms with E-state index in [0.29, 0.717) is 5.41 Å². The lowest BCUT2D eigenvalue weighted by Gasteiger charge is -2.30. The summed E-state index contributed by atoms with van der Waals surface area (Å²) in [5, 5.41) is 6.94. The van der Waals surface area contributed by atoms with E-state index in [9.17, 15) is 0 Å². The highest BCUT2D eigenvalue weighted by molar-refractivity contribution is 14.0. The van der Waals surface area contributed by atoms with E-state index in [2.05, 4.69) is 33.6 Å². The Kier molecular flexibility index (Phi) is 11.0. The summed E-state index contributed by atoms with van der Waals surface area (Å²) in [6.45, 7) is 5.57. The summed E-state index contributed by atoms with van der Waals surface area (Å²) < 4.78 is 5.59. The molecule has 6 heteroatoms. The number of nitrogens with zero attached hydrogens (tertiary/aromatic N) is 2. The molecule has 0 spiro atoms. The molecule has 1 saturated carbocycles. The van der Waals surface area contributed by atoms with Crippen molar-refractivity contribution in [3.05, 3.63) is 30.1 Å².